The monoisotopic (exact) mass is 300 g/mol. The average Bonchev–Trinajstić information content (AvgIpc) is 2.97. The van der Waals surface area contributed by atoms with Crippen LogP contribution >= 0.6 is 0 Å². The number of hydrogen-bond donors (Lipinski definition) is 1. The summed E-state index contributed by atoms with van der Waals surface area (Å²) in [5.74, 6) is 0.743. The molecule has 2 aromatic carbocycles. The van der Waals surface area contributed by atoms with Crippen molar-refractivity contribution in [3.63, 3.8) is 0 Å². The summed E-state index contributed by atoms with van der Waals surface area (Å²) in [6, 6.07) is 11.1. The molecule has 0 atom stereocenters. The lowest BCUT2D eigenvalue weighted by molar-refractivity contribution is -0.120. The summed E-state index contributed by atoms with van der Waals surface area (Å²) in [6.45, 7) is 0.213. The molecule has 0 saturated heterocycles. The van der Waals surface area contributed by atoms with Gasteiger partial charge in [-0.05, 0) is 41.5 Å². The Morgan fingerprint density at radius 2 is 1.95 bits per heavy atom. The predicted octanol–water partition coefficient (Wildman–Crippen LogP) is 2.25. The molecule has 0 aliphatic carbocycles. The minimum Gasteiger partial charge on any atom is -0.454 e. The molecule has 1 amide bonds. The van der Waals surface area contributed by atoms with Crippen LogP contribution in [0, 0.1) is 5.82 Å². The highest BCUT2D eigenvalue weighted by atomic mass is 19.1. The SMILES string of the molecule is O=C(Cc1ccc(F)cc1)NN=Cc1ccc2c(c1)OCO2. The molecule has 0 spiro atoms. The van der Waals surface area contributed by atoms with Crippen molar-refractivity contribution < 1.29 is 18.7 Å². The van der Waals surface area contributed by atoms with Crippen LogP contribution in [0.5, 0.6) is 11.5 Å². The van der Waals surface area contributed by atoms with E-state index in [1.54, 1.807) is 24.3 Å². The number of halogens is 1. The van der Waals surface area contributed by atoms with Crippen LogP contribution in [0.1, 0.15) is 11.1 Å². The summed E-state index contributed by atoms with van der Waals surface area (Å²) in [6.07, 6.45) is 1.66. The smallest absolute Gasteiger partial charge is 0.244 e. The fraction of sp³-hybridized carbons (Fsp3) is 0.125. The van der Waals surface area contributed by atoms with Gasteiger partial charge in [-0.3, -0.25) is 4.79 Å². The van der Waals surface area contributed by atoms with E-state index in [1.807, 2.05) is 6.07 Å². The Bertz CT molecular complexity index is 714. The second kappa shape index (κ2) is 6.26. The van der Waals surface area contributed by atoms with E-state index in [1.165, 1.54) is 18.3 Å². The number of hydrogen-bond acceptors (Lipinski definition) is 4. The molecule has 5 nitrogen and oxygen atoms in total. The highest BCUT2D eigenvalue weighted by molar-refractivity contribution is 5.84. The van der Waals surface area contributed by atoms with Crippen LogP contribution in [-0.2, 0) is 11.2 Å². The first-order valence-electron chi connectivity index (χ1n) is 6.67. The van der Waals surface area contributed by atoms with Crippen molar-refractivity contribution in [3.8, 4) is 11.5 Å². The largest absolute Gasteiger partial charge is 0.454 e. The first-order chi connectivity index (χ1) is 10.7. The lowest BCUT2D eigenvalue weighted by Gasteiger charge is -2.01. The maximum absolute atomic E-state index is 12.8. The number of carbonyl (C=O) groups is 1. The molecule has 1 aliphatic heterocycles. The second-order valence-electron chi connectivity index (χ2n) is 4.71. The molecular weight excluding hydrogens is 287 g/mol. The number of rotatable bonds is 4. The predicted molar refractivity (Wildman–Crippen MR) is 78.4 cm³/mol. The third-order valence-corrected chi connectivity index (χ3v) is 3.08. The first-order valence-corrected chi connectivity index (χ1v) is 6.67. The maximum atomic E-state index is 12.8. The number of amides is 1. The molecule has 1 aliphatic rings. The number of fused-ring (bicyclic) bond motifs is 1. The van der Waals surface area contributed by atoms with Crippen LogP contribution < -0.4 is 14.9 Å². The number of benzene rings is 2. The molecule has 0 radical (unpaired) electrons. The number of nitrogens with zero attached hydrogens (tertiary/aromatic N) is 1. The van der Waals surface area contributed by atoms with Gasteiger partial charge < -0.3 is 9.47 Å². The van der Waals surface area contributed by atoms with Crippen LogP contribution in [0.25, 0.3) is 0 Å². The van der Waals surface area contributed by atoms with Crippen LogP contribution in [0.4, 0.5) is 4.39 Å². The molecule has 0 unspecified atom stereocenters. The Balaban J connectivity index is 1.55. The summed E-state index contributed by atoms with van der Waals surface area (Å²) in [5, 5.41) is 3.89. The van der Waals surface area contributed by atoms with Crippen molar-refractivity contribution in [2.75, 3.05) is 6.79 Å². The van der Waals surface area contributed by atoms with Crippen molar-refractivity contribution in [2.24, 2.45) is 5.10 Å². The maximum Gasteiger partial charge on any atom is 0.244 e. The molecule has 22 heavy (non-hydrogen) atoms. The zero-order valence-corrected chi connectivity index (χ0v) is 11.6. The van der Waals surface area contributed by atoms with Gasteiger partial charge >= 0.3 is 0 Å². The van der Waals surface area contributed by atoms with E-state index in [9.17, 15) is 9.18 Å². The molecule has 6 heteroatoms. The van der Waals surface area contributed by atoms with Gasteiger partial charge in [0.2, 0.25) is 12.7 Å². The van der Waals surface area contributed by atoms with Crippen molar-refractivity contribution in [1.29, 1.82) is 0 Å². The summed E-state index contributed by atoms with van der Waals surface area (Å²) in [5.41, 5.74) is 3.93. The average molecular weight is 300 g/mol. The summed E-state index contributed by atoms with van der Waals surface area (Å²) >= 11 is 0. The van der Waals surface area contributed by atoms with E-state index in [-0.39, 0.29) is 24.9 Å². The topological polar surface area (TPSA) is 59.9 Å². The van der Waals surface area contributed by atoms with E-state index in [0.29, 0.717) is 11.5 Å². The normalized spacial score (nSPS) is 12.6. The van der Waals surface area contributed by atoms with Gasteiger partial charge in [-0.25, -0.2) is 9.82 Å². The van der Waals surface area contributed by atoms with Gasteiger partial charge in [0, 0.05) is 0 Å². The van der Waals surface area contributed by atoms with Gasteiger partial charge in [-0.2, -0.15) is 5.10 Å². The lowest BCUT2D eigenvalue weighted by Crippen LogP contribution is -2.19. The van der Waals surface area contributed by atoms with Gasteiger partial charge in [-0.1, -0.05) is 12.1 Å². The van der Waals surface area contributed by atoms with Crippen LogP contribution in [0.3, 0.4) is 0 Å². The Hall–Kier alpha value is -2.89. The van der Waals surface area contributed by atoms with Gasteiger partial charge in [-0.15, -0.1) is 0 Å². The highest BCUT2D eigenvalue weighted by Gasteiger charge is 2.12. The standard InChI is InChI=1S/C16H13FN2O3/c17-13-4-1-11(2-5-13)8-16(20)19-18-9-12-3-6-14-15(7-12)22-10-21-14/h1-7,9H,8,10H2,(H,19,20). The molecule has 0 bridgehead atoms. The Kier molecular flexibility index (Phi) is 4.00. The molecule has 1 N–H and O–H groups in total. The third-order valence-electron chi connectivity index (χ3n) is 3.08. The van der Waals surface area contributed by atoms with E-state index < -0.39 is 0 Å². The molecule has 0 saturated carbocycles. The number of nitrogens with one attached hydrogen (secondary N) is 1. The highest BCUT2D eigenvalue weighted by Crippen LogP contribution is 2.31. The van der Waals surface area contributed by atoms with Gasteiger partial charge in [0.25, 0.3) is 0 Å². The van der Waals surface area contributed by atoms with Gasteiger partial charge in [0.1, 0.15) is 5.82 Å². The van der Waals surface area contributed by atoms with E-state index in [2.05, 4.69) is 10.5 Å². The molecular formula is C16H13FN2O3. The number of carbonyl (C=O) groups excluding carboxylic acids is 1. The molecule has 0 aromatic heterocycles. The minimum atomic E-state index is -0.329. The molecule has 1 heterocycles. The molecule has 0 fully saturated rings. The number of ether oxygens (including phenoxy) is 2. The fourth-order valence-corrected chi connectivity index (χ4v) is 2.00. The Labute approximate surface area is 126 Å². The zero-order valence-electron chi connectivity index (χ0n) is 11.6. The molecule has 112 valence electrons. The van der Waals surface area contributed by atoms with Crippen LogP contribution in [0.2, 0.25) is 0 Å². The van der Waals surface area contributed by atoms with Gasteiger partial charge in [0.15, 0.2) is 11.5 Å². The number of hydrazone groups is 1. The summed E-state index contributed by atoms with van der Waals surface area (Å²) in [7, 11) is 0. The minimum absolute atomic E-state index is 0.138. The lowest BCUT2D eigenvalue weighted by atomic mass is 10.1. The Morgan fingerprint density at radius 3 is 2.77 bits per heavy atom. The van der Waals surface area contributed by atoms with Crippen molar-refractivity contribution in [2.45, 2.75) is 6.42 Å². The third kappa shape index (κ3) is 3.41. The van der Waals surface area contributed by atoms with Gasteiger partial charge in [0.05, 0.1) is 12.6 Å². The zero-order chi connectivity index (χ0) is 15.4. The summed E-state index contributed by atoms with van der Waals surface area (Å²) in [4.78, 5) is 11.7. The van der Waals surface area contributed by atoms with E-state index in [0.717, 1.165) is 11.1 Å². The van der Waals surface area contributed by atoms with E-state index >= 15 is 0 Å². The summed E-state index contributed by atoms with van der Waals surface area (Å²) < 4.78 is 23.2. The first kappa shape index (κ1) is 14.1. The molecule has 2 aromatic rings. The van der Waals surface area contributed by atoms with E-state index in [4.69, 9.17) is 9.47 Å². The quantitative estimate of drug-likeness (QED) is 0.696. The fourth-order valence-electron chi connectivity index (χ4n) is 2.00. The molecule has 3 rings (SSSR count). The Morgan fingerprint density at radius 1 is 1.18 bits per heavy atom. The van der Waals surface area contributed by atoms with Crippen LogP contribution in [-0.4, -0.2) is 18.9 Å². The van der Waals surface area contributed by atoms with Crippen molar-refractivity contribution >= 4 is 12.1 Å². The van der Waals surface area contributed by atoms with Crippen LogP contribution in [0.15, 0.2) is 47.6 Å². The van der Waals surface area contributed by atoms with Crippen molar-refractivity contribution in [1.82, 2.24) is 5.43 Å². The second-order valence-corrected chi connectivity index (χ2v) is 4.71. The van der Waals surface area contributed by atoms with Crippen molar-refractivity contribution in [3.05, 3.63) is 59.4 Å².